The maximum Gasteiger partial charge on any atom is 0.330 e. The highest BCUT2D eigenvalue weighted by molar-refractivity contribution is 7.80. The summed E-state index contributed by atoms with van der Waals surface area (Å²) in [4.78, 5) is 23.4. The van der Waals surface area contributed by atoms with Crippen LogP contribution in [0.3, 0.4) is 0 Å². The number of nitrogens with one attached hydrogen (secondary N) is 2. The number of hydrogen-bond acceptors (Lipinski definition) is 4. The quantitative estimate of drug-likeness (QED) is 0.496. The van der Waals surface area contributed by atoms with Crippen molar-refractivity contribution in [2.24, 2.45) is 0 Å². The van der Waals surface area contributed by atoms with E-state index in [0.717, 1.165) is 6.08 Å². The molecule has 0 spiro atoms. The molecule has 3 N–H and O–H groups in total. The van der Waals surface area contributed by atoms with Crippen molar-refractivity contribution in [3.05, 3.63) is 69.7 Å². The van der Waals surface area contributed by atoms with Crippen molar-refractivity contribution < 1.29 is 23.5 Å². The summed E-state index contributed by atoms with van der Waals surface area (Å²) >= 11 is 9.29. The molecule has 0 heterocycles. The average Bonchev–Trinajstić information content (AvgIpc) is 2.56. The minimum Gasteiger partial charge on any atom is -0.755 e. The zero-order valence-corrected chi connectivity index (χ0v) is 15.2. The highest BCUT2D eigenvalue weighted by atomic mass is 35.5. The van der Waals surface area contributed by atoms with Gasteiger partial charge in [-0.2, -0.15) is 0 Å². The number of aliphatic carboxylic acids is 1. The Morgan fingerprint density at radius 1 is 1.04 bits per heavy atom. The summed E-state index contributed by atoms with van der Waals surface area (Å²) in [5.74, 6) is -1.85. The van der Waals surface area contributed by atoms with Crippen LogP contribution < -0.4 is 10.0 Å². The molecule has 0 saturated heterocycles. The number of carboxylic acids is 1. The van der Waals surface area contributed by atoms with Crippen LogP contribution in [-0.4, -0.2) is 25.7 Å². The lowest BCUT2D eigenvalue weighted by atomic mass is 10.1. The zero-order valence-electron chi connectivity index (χ0n) is 12.9. The van der Waals surface area contributed by atoms with Gasteiger partial charge in [-0.15, -0.1) is 0 Å². The monoisotopic (exact) mass is 413 g/mol. The van der Waals surface area contributed by atoms with Gasteiger partial charge >= 0.3 is 5.97 Å². The molecule has 0 aliphatic carbocycles. The second kappa shape index (κ2) is 8.81. The van der Waals surface area contributed by atoms with Crippen LogP contribution in [0.4, 0.5) is 5.69 Å². The van der Waals surface area contributed by atoms with Gasteiger partial charge in [-0.05, 0) is 42.0 Å². The van der Waals surface area contributed by atoms with Gasteiger partial charge in [-0.25, -0.2) is 4.79 Å². The van der Waals surface area contributed by atoms with E-state index < -0.39 is 23.1 Å². The number of hydrogen-bond donors (Lipinski definition) is 3. The minimum absolute atomic E-state index is 0.0175. The SMILES string of the molecule is O=C(O)/C=C(\NC(=O)c1ccc(NS(=O)[O-])cc1)c1ccc(Cl)c(Cl)c1. The molecule has 10 heteroatoms. The molecule has 2 rings (SSSR count). The number of anilines is 1. The van der Waals surface area contributed by atoms with Crippen molar-refractivity contribution in [3.63, 3.8) is 0 Å². The molecule has 0 bridgehead atoms. The Morgan fingerprint density at radius 3 is 2.19 bits per heavy atom. The van der Waals surface area contributed by atoms with Crippen LogP contribution in [0.15, 0.2) is 48.5 Å². The first-order valence-electron chi connectivity index (χ1n) is 6.93. The van der Waals surface area contributed by atoms with Gasteiger partial charge in [0, 0.05) is 28.6 Å². The van der Waals surface area contributed by atoms with Gasteiger partial charge in [0.05, 0.1) is 15.7 Å². The van der Waals surface area contributed by atoms with Gasteiger partial charge in [0.15, 0.2) is 0 Å². The minimum atomic E-state index is -2.48. The number of carbonyl (C=O) groups excluding carboxylic acids is 1. The summed E-state index contributed by atoms with van der Waals surface area (Å²) in [5, 5.41) is 12.0. The van der Waals surface area contributed by atoms with Crippen molar-refractivity contribution in [2.45, 2.75) is 0 Å². The topological polar surface area (TPSA) is 119 Å². The van der Waals surface area contributed by atoms with Gasteiger partial charge in [-0.3, -0.25) is 9.00 Å². The summed E-state index contributed by atoms with van der Waals surface area (Å²) in [7, 11) is 0. The molecule has 0 aliphatic rings. The molecule has 0 fully saturated rings. The third-order valence-corrected chi connectivity index (χ3v) is 4.24. The molecule has 0 aliphatic heterocycles. The molecular formula is C16H11Cl2N2O5S-. The molecule has 2 aromatic carbocycles. The van der Waals surface area contributed by atoms with Gasteiger partial charge in [0.25, 0.3) is 5.91 Å². The van der Waals surface area contributed by atoms with Gasteiger partial charge in [0.2, 0.25) is 0 Å². The Hall–Kier alpha value is -2.39. The first-order chi connectivity index (χ1) is 12.3. The van der Waals surface area contributed by atoms with Crippen molar-refractivity contribution in [2.75, 3.05) is 4.72 Å². The summed E-state index contributed by atoms with van der Waals surface area (Å²) in [6.07, 6.45) is 0.827. The Labute approximate surface area is 161 Å². The van der Waals surface area contributed by atoms with Crippen LogP contribution in [0, 0.1) is 0 Å². The lowest BCUT2D eigenvalue weighted by Gasteiger charge is -2.12. The zero-order chi connectivity index (χ0) is 19.3. The molecule has 136 valence electrons. The van der Waals surface area contributed by atoms with Crippen molar-refractivity contribution in [1.82, 2.24) is 5.32 Å². The molecule has 1 amide bonds. The maximum absolute atomic E-state index is 12.3. The third-order valence-electron chi connectivity index (χ3n) is 3.09. The number of rotatable bonds is 6. The van der Waals surface area contributed by atoms with E-state index in [1.165, 1.54) is 42.5 Å². The van der Waals surface area contributed by atoms with Crippen LogP contribution in [0.5, 0.6) is 0 Å². The lowest BCUT2D eigenvalue weighted by Crippen LogP contribution is -2.22. The fourth-order valence-electron chi connectivity index (χ4n) is 1.96. The van der Waals surface area contributed by atoms with E-state index in [4.69, 9.17) is 28.3 Å². The molecule has 0 aromatic heterocycles. The third kappa shape index (κ3) is 5.57. The van der Waals surface area contributed by atoms with Crippen molar-refractivity contribution in [1.29, 1.82) is 0 Å². The highest BCUT2D eigenvalue weighted by Crippen LogP contribution is 2.25. The number of benzene rings is 2. The van der Waals surface area contributed by atoms with Crippen LogP contribution in [0.1, 0.15) is 15.9 Å². The fraction of sp³-hybridized carbons (Fsp3) is 0. The van der Waals surface area contributed by atoms with Gasteiger partial charge in [-0.1, -0.05) is 29.3 Å². The Kier molecular flexibility index (Phi) is 6.76. The molecule has 2 aromatic rings. The summed E-state index contributed by atoms with van der Waals surface area (Å²) in [6.45, 7) is 0. The number of amides is 1. The maximum atomic E-state index is 12.3. The average molecular weight is 414 g/mol. The van der Waals surface area contributed by atoms with Gasteiger partial charge < -0.3 is 19.7 Å². The highest BCUT2D eigenvalue weighted by Gasteiger charge is 2.12. The van der Waals surface area contributed by atoms with Crippen LogP contribution in [0.2, 0.25) is 10.0 Å². The van der Waals surface area contributed by atoms with Crippen molar-refractivity contribution in [3.8, 4) is 0 Å². The number of halogens is 2. The molecule has 0 radical (unpaired) electrons. The van der Waals surface area contributed by atoms with E-state index in [1.807, 2.05) is 0 Å². The predicted octanol–water partition coefficient (Wildman–Crippen LogP) is 3.05. The Balaban J connectivity index is 2.25. The largest absolute Gasteiger partial charge is 0.755 e. The standard InChI is InChI=1S/C16H12Cl2N2O5S/c17-12-6-3-10(7-13(12)18)14(8-15(21)22)19-16(23)9-1-4-11(5-2-9)20-26(24)25/h1-8,20H,(H,19,23)(H,21,22)(H,24,25)/p-1/b14-8-. The Bertz CT molecular complexity index is 900. The number of carboxylic acid groups (broad SMARTS) is 1. The normalized spacial score (nSPS) is 12.3. The van der Waals surface area contributed by atoms with E-state index in [2.05, 4.69) is 10.0 Å². The molecule has 1 unspecified atom stereocenters. The summed E-state index contributed by atoms with van der Waals surface area (Å²) in [5.41, 5.74) is 0.850. The first-order valence-corrected chi connectivity index (χ1v) is 8.76. The molecule has 0 saturated carbocycles. The van der Waals surface area contributed by atoms with Crippen LogP contribution >= 0.6 is 23.2 Å². The molecule has 26 heavy (non-hydrogen) atoms. The number of carbonyl (C=O) groups is 2. The lowest BCUT2D eigenvalue weighted by molar-refractivity contribution is -0.131. The van der Waals surface area contributed by atoms with Crippen LogP contribution in [0.25, 0.3) is 5.70 Å². The van der Waals surface area contributed by atoms with Crippen LogP contribution in [-0.2, 0) is 16.1 Å². The summed E-state index contributed by atoms with van der Waals surface area (Å²) in [6, 6.07) is 9.98. The van der Waals surface area contributed by atoms with E-state index in [1.54, 1.807) is 0 Å². The second-order valence-corrected chi connectivity index (χ2v) is 6.38. The molecule has 7 nitrogen and oxygen atoms in total. The summed E-state index contributed by atoms with van der Waals surface area (Å²) < 4.78 is 23.3. The Morgan fingerprint density at radius 2 is 1.65 bits per heavy atom. The van der Waals surface area contributed by atoms with E-state index >= 15 is 0 Å². The van der Waals surface area contributed by atoms with E-state index in [0.29, 0.717) is 5.56 Å². The fourth-order valence-corrected chi connectivity index (χ4v) is 2.59. The molecule has 1 atom stereocenters. The van der Waals surface area contributed by atoms with E-state index in [-0.39, 0.29) is 27.0 Å². The first kappa shape index (κ1) is 19.9. The second-order valence-electron chi connectivity index (χ2n) is 4.89. The van der Waals surface area contributed by atoms with E-state index in [9.17, 15) is 18.4 Å². The predicted molar refractivity (Wildman–Crippen MR) is 98.5 cm³/mol. The van der Waals surface area contributed by atoms with Crippen molar-refractivity contribution >= 4 is 57.7 Å². The smallest absolute Gasteiger partial charge is 0.330 e. The van der Waals surface area contributed by atoms with Gasteiger partial charge in [0.1, 0.15) is 0 Å². The molecular weight excluding hydrogens is 403 g/mol.